The van der Waals surface area contributed by atoms with Crippen molar-refractivity contribution in [2.75, 3.05) is 6.61 Å². The highest BCUT2D eigenvalue weighted by atomic mass is 19.2. The molecule has 0 spiro atoms. The van der Waals surface area contributed by atoms with Gasteiger partial charge in [0.05, 0.1) is 6.61 Å². The second-order valence-electron chi connectivity index (χ2n) is 6.54. The van der Waals surface area contributed by atoms with Gasteiger partial charge in [-0.15, -0.1) is 0 Å². The van der Waals surface area contributed by atoms with Crippen LogP contribution in [0.3, 0.4) is 0 Å². The molecule has 0 radical (unpaired) electrons. The Balaban J connectivity index is 1.81. The second kappa shape index (κ2) is 8.50. The molecule has 0 unspecified atom stereocenters. The van der Waals surface area contributed by atoms with Crippen molar-refractivity contribution < 1.29 is 13.5 Å². The molecule has 1 aromatic carbocycles. The first-order chi connectivity index (χ1) is 10.7. The fraction of sp³-hybridized carbons (Fsp3) is 0.684. The molecule has 0 amide bonds. The molecule has 1 nitrogen and oxygen atoms in total. The molecule has 0 saturated heterocycles. The van der Waals surface area contributed by atoms with Crippen LogP contribution < -0.4 is 4.74 Å². The Labute approximate surface area is 133 Å². The summed E-state index contributed by atoms with van der Waals surface area (Å²) in [5.41, 5.74) is 0.404. The van der Waals surface area contributed by atoms with Crippen LogP contribution in [0.15, 0.2) is 12.1 Å². The lowest BCUT2D eigenvalue weighted by Crippen LogP contribution is -2.20. The molecule has 3 heteroatoms. The molecule has 0 heterocycles. The SMILES string of the molecule is CCCC[C@H]1CC[C@H](COc2ccc(CC)c(F)c2F)CC1. The minimum atomic E-state index is -0.837. The number of hydrogen-bond acceptors (Lipinski definition) is 1. The fourth-order valence-electron chi connectivity index (χ4n) is 3.34. The Morgan fingerprint density at radius 2 is 1.68 bits per heavy atom. The van der Waals surface area contributed by atoms with Gasteiger partial charge in [0.15, 0.2) is 11.6 Å². The number of ether oxygens (including phenoxy) is 1. The second-order valence-corrected chi connectivity index (χ2v) is 6.54. The zero-order valence-electron chi connectivity index (χ0n) is 13.8. The lowest BCUT2D eigenvalue weighted by atomic mass is 9.80. The minimum absolute atomic E-state index is 0.0582. The standard InChI is InChI=1S/C19H28F2O/c1-3-5-6-14-7-9-15(10-8-14)13-22-17-12-11-16(4-2)18(20)19(17)21/h11-12,14-15H,3-10,13H2,1-2H3/t14-,15-. The summed E-state index contributed by atoms with van der Waals surface area (Å²) in [5, 5.41) is 0. The molecular weight excluding hydrogens is 282 g/mol. The van der Waals surface area contributed by atoms with Gasteiger partial charge in [0.1, 0.15) is 0 Å². The predicted octanol–water partition coefficient (Wildman–Crippen LogP) is 5.90. The number of hydrogen-bond donors (Lipinski definition) is 0. The molecule has 2 rings (SSSR count). The normalized spacial score (nSPS) is 21.8. The predicted molar refractivity (Wildman–Crippen MR) is 86.2 cm³/mol. The van der Waals surface area contributed by atoms with Gasteiger partial charge in [-0.25, -0.2) is 4.39 Å². The van der Waals surface area contributed by atoms with Crippen LogP contribution in [0.25, 0.3) is 0 Å². The van der Waals surface area contributed by atoms with Crippen LogP contribution in [0.1, 0.15) is 64.4 Å². The summed E-state index contributed by atoms with van der Waals surface area (Å²) in [6.07, 6.45) is 9.20. The van der Waals surface area contributed by atoms with Crippen molar-refractivity contribution in [2.45, 2.75) is 65.2 Å². The van der Waals surface area contributed by atoms with Crippen LogP contribution in [0.2, 0.25) is 0 Å². The van der Waals surface area contributed by atoms with E-state index in [0.29, 0.717) is 24.5 Å². The first-order valence-electron chi connectivity index (χ1n) is 8.75. The van der Waals surface area contributed by atoms with Crippen molar-refractivity contribution in [3.8, 4) is 5.75 Å². The Hall–Kier alpha value is -1.12. The van der Waals surface area contributed by atoms with Crippen LogP contribution in [0.5, 0.6) is 5.75 Å². The summed E-state index contributed by atoms with van der Waals surface area (Å²) >= 11 is 0. The van der Waals surface area contributed by atoms with Gasteiger partial charge >= 0.3 is 0 Å². The third-order valence-electron chi connectivity index (χ3n) is 4.91. The van der Waals surface area contributed by atoms with E-state index in [-0.39, 0.29) is 5.75 Å². The summed E-state index contributed by atoms with van der Waals surface area (Å²) in [6.45, 7) is 4.55. The molecule has 1 aromatic rings. The van der Waals surface area contributed by atoms with E-state index in [0.717, 1.165) is 18.8 Å². The Bertz CT molecular complexity index is 465. The quantitative estimate of drug-likeness (QED) is 0.609. The highest BCUT2D eigenvalue weighted by Gasteiger charge is 2.22. The molecule has 0 aromatic heterocycles. The van der Waals surface area contributed by atoms with Crippen molar-refractivity contribution in [2.24, 2.45) is 11.8 Å². The van der Waals surface area contributed by atoms with E-state index in [1.54, 1.807) is 12.1 Å². The van der Waals surface area contributed by atoms with E-state index in [4.69, 9.17) is 4.74 Å². The van der Waals surface area contributed by atoms with Gasteiger partial charge < -0.3 is 4.74 Å². The maximum atomic E-state index is 13.9. The van der Waals surface area contributed by atoms with Crippen molar-refractivity contribution in [3.05, 3.63) is 29.3 Å². The average Bonchev–Trinajstić information content (AvgIpc) is 2.55. The number of halogens is 2. The molecular formula is C19H28F2O. The molecule has 0 N–H and O–H groups in total. The first-order valence-corrected chi connectivity index (χ1v) is 8.75. The number of benzene rings is 1. The molecule has 1 aliphatic carbocycles. The van der Waals surface area contributed by atoms with Gasteiger partial charge in [0.25, 0.3) is 0 Å². The summed E-state index contributed by atoms with van der Waals surface area (Å²) in [5.74, 6) is -0.206. The smallest absolute Gasteiger partial charge is 0.200 e. The Kier molecular flexibility index (Phi) is 6.66. The lowest BCUT2D eigenvalue weighted by Gasteiger charge is -2.28. The molecule has 0 bridgehead atoms. The van der Waals surface area contributed by atoms with Crippen LogP contribution in [-0.4, -0.2) is 6.61 Å². The van der Waals surface area contributed by atoms with E-state index < -0.39 is 11.6 Å². The number of rotatable bonds is 7. The van der Waals surface area contributed by atoms with Crippen LogP contribution in [0.4, 0.5) is 8.78 Å². The van der Waals surface area contributed by atoms with Crippen molar-refractivity contribution >= 4 is 0 Å². The van der Waals surface area contributed by atoms with Crippen molar-refractivity contribution in [3.63, 3.8) is 0 Å². The molecule has 1 saturated carbocycles. The molecule has 1 fully saturated rings. The summed E-state index contributed by atoms with van der Waals surface area (Å²) in [4.78, 5) is 0. The maximum absolute atomic E-state index is 13.9. The number of aryl methyl sites for hydroxylation is 1. The highest BCUT2D eigenvalue weighted by Crippen LogP contribution is 2.32. The topological polar surface area (TPSA) is 9.23 Å². The molecule has 0 aliphatic heterocycles. The van der Waals surface area contributed by atoms with Gasteiger partial charge in [-0.2, -0.15) is 4.39 Å². The molecule has 124 valence electrons. The molecule has 1 aliphatic rings. The molecule has 22 heavy (non-hydrogen) atoms. The monoisotopic (exact) mass is 310 g/mol. The average molecular weight is 310 g/mol. The van der Waals surface area contributed by atoms with Gasteiger partial charge in [0, 0.05) is 0 Å². The largest absolute Gasteiger partial charge is 0.490 e. The highest BCUT2D eigenvalue weighted by molar-refractivity contribution is 5.31. The maximum Gasteiger partial charge on any atom is 0.200 e. The van der Waals surface area contributed by atoms with E-state index in [2.05, 4.69) is 6.92 Å². The van der Waals surface area contributed by atoms with E-state index in [9.17, 15) is 8.78 Å². The van der Waals surface area contributed by atoms with Crippen LogP contribution in [-0.2, 0) is 6.42 Å². The van der Waals surface area contributed by atoms with Crippen LogP contribution >= 0.6 is 0 Å². The summed E-state index contributed by atoms with van der Waals surface area (Å²) in [7, 11) is 0. The Morgan fingerprint density at radius 1 is 1.00 bits per heavy atom. The molecule has 0 atom stereocenters. The van der Waals surface area contributed by atoms with Crippen molar-refractivity contribution in [1.29, 1.82) is 0 Å². The number of unbranched alkanes of at least 4 members (excludes halogenated alkanes) is 1. The third kappa shape index (κ3) is 4.44. The lowest BCUT2D eigenvalue weighted by molar-refractivity contribution is 0.172. The van der Waals surface area contributed by atoms with Gasteiger partial charge in [-0.05, 0) is 42.7 Å². The van der Waals surface area contributed by atoms with E-state index >= 15 is 0 Å². The van der Waals surface area contributed by atoms with Crippen molar-refractivity contribution in [1.82, 2.24) is 0 Å². The van der Waals surface area contributed by atoms with Gasteiger partial charge in [-0.3, -0.25) is 0 Å². The zero-order valence-corrected chi connectivity index (χ0v) is 13.8. The first kappa shape index (κ1) is 17.2. The van der Waals surface area contributed by atoms with E-state index in [1.807, 2.05) is 6.92 Å². The summed E-state index contributed by atoms with van der Waals surface area (Å²) < 4.78 is 33.2. The summed E-state index contributed by atoms with van der Waals surface area (Å²) in [6, 6.07) is 3.18. The van der Waals surface area contributed by atoms with Gasteiger partial charge in [0.2, 0.25) is 5.82 Å². The zero-order chi connectivity index (χ0) is 15.9. The third-order valence-corrected chi connectivity index (χ3v) is 4.91. The van der Waals surface area contributed by atoms with Gasteiger partial charge in [-0.1, -0.05) is 52.0 Å². The minimum Gasteiger partial charge on any atom is -0.490 e. The van der Waals surface area contributed by atoms with Crippen LogP contribution in [0, 0.1) is 23.5 Å². The Morgan fingerprint density at radius 3 is 2.32 bits per heavy atom. The van der Waals surface area contributed by atoms with E-state index in [1.165, 1.54) is 32.1 Å². The fourth-order valence-corrected chi connectivity index (χ4v) is 3.34.